The van der Waals surface area contributed by atoms with Crippen LogP contribution < -0.4 is 10.6 Å². The van der Waals surface area contributed by atoms with Crippen LogP contribution in [0.5, 0.6) is 0 Å². The lowest BCUT2D eigenvalue weighted by Crippen LogP contribution is -2.39. The number of carboxylic acids is 1. The normalized spacial score (nSPS) is 14.3. The molecule has 0 aliphatic heterocycles. The van der Waals surface area contributed by atoms with Crippen molar-refractivity contribution in [2.45, 2.75) is 51.5 Å². The largest absolute Gasteiger partial charge is 0.481 e. The number of hydrogen-bond donors (Lipinski definition) is 3. The molecule has 2 rings (SSSR count). The van der Waals surface area contributed by atoms with Gasteiger partial charge < -0.3 is 15.7 Å². The molecule has 2 amide bonds. The molecule has 3 N–H and O–H groups in total. The summed E-state index contributed by atoms with van der Waals surface area (Å²) in [5, 5.41) is 14.4. The lowest BCUT2D eigenvalue weighted by Gasteiger charge is -2.17. The number of carbonyl (C=O) groups is 2. The number of hydrogen-bond acceptors (Lipinski definition) is 2. The summed E-state index contributed by atoms with van der Waals surface area (Å²) < 4.78 is 0. The minimum Gasteiger partial charge on any atom is -0.481 e. The second-order valence-electron chi connectivity index (χ2n) is 5.52. The van der Waals surface area contributed by atoms with Gasteiger partial charge in [-0.15, -0.1) is 0 Å². The number of amides is 2. The van der Waals surface area contributed by atoms with Crippen molar-refractivity contribution < 1.29 is 14.7 Å². The summed E-state index contributed by atoms with van der Waals surface area (Å²) in [7, 11) is 0. The number of nitrogens with one attached hydrogen (secondary N) is 2. The number of urea groups is 1. The Kier molecular flexibility index (Phi) is 5.20. The van der Waals surface area contributed by atoms with Crippen LogP contribution in [0, 0.1) is 0 Å². The van der Waals surface area contributed by atoms with Gasteiger partial charge in [-0.1, -0.05) is 19.4 Å². The fourth-order valence-corrected chi connectivity index (χ4v) is 2.79. The Morgan fingerprint density at radius 1 is 1.29 bits per heavy atom. The highest BCUT2D eigenvalue weighted by Crippen LogP contribution is 2.24. The van der Waals surface area contributed by atoms with E-state index in [9.17, 15) is 9.59 Å². The molecule has 1 aromatic rings. The number of anilines is 1. The summed E-state index contributed by atoms with van der Waals surface area (Å²) >= 11 is 0. The number of benzene rings is 1. The molecule has 0 fully saturated rings. The van der Waals surface area contributed by atoms with Crippen LogP contribution in [-0.2, 0) is 17.6 Å². The van der Waals surface area contributed by atoms with Crippen LogP contribution in [0.15, 0.2) is 18.2 Å². The van der Waals surface area contributed by atoms with E-state index in [-0.39, 0.29) is 18.5 Å². The molecule has 0 spiro atoms. The molecule has 0 aromatic heterocycles. The van der Waals surface area contributed by atoms with Crippen LogP contribution in [0.2, 0.25) is 0 Å². The summed E-state index contributed by atoms with van der Waals surface area (Å²) in [5.41, 5.74) is 3.41. The van der Waals surface area contributed by atoms with Gasteiger partial charge in [-0.25, -0.2) is 4.79 Å². The minimum absolute atomic E-state index is 0.0502. The molecule has 1 atom stereocenters. The number of fused-ring (bicyclic) bond motifs is 1. The summed E-state index contributed by atoms with van der Waals surface area (Å²) in [6, 6.07) is 5.29. The maximum absolute atomic E-state index is 12.0. The van der Waals surface area contributed by atoms with Crippen LogP contribution in [0.25, 0.3) is 0 Å². The summed E-state index contributed by atoms with van der Waals surface area (Å²) in [6.07, 6.45) is 4.78. The molecule has 1 aliphatic rings. The van der Waals surface area contributed by atoms with Gasteiger partial charge in [-0.3, -0.25) is 4.79 Å². The lowest BCUT2D eigenvalue weighted by molar-refractivity contribution is -0.137. The molecule has 1 aliphatic carbocycles. The van der Waals surface area contributed by atoms with Crippen molar-refractivity contribution in [2.24, 2.45) is 0 Å². The first-order valence-electron chi connectivity index (χ1n) is 7.49. The maximum atomic E-state index is 12.0. The smallest absolute Gasteiger partial charge is 0.319 e. The highest BCUT2D eigenvalue weighted by molar-refractivity contribution is 5.89. The van der Waals surface area contributed by atoms with Crippen molar-refractivity contribution in [3.8, 4) is 0 Å². The van der Waals surface area contributed by atoms with E-state index in [1.807, 2.05) is 19.1 Å². The Balaban J connectivity index is 1.92. The third kappa shape index (κ3) is 4.48. The Hall–Kier alpha value is -2.04. The van der Waals surface area contributed by atoms with Crippen molar-refractivity contribution >= 4 is 17.7 Å². The monoisotopic (exact) mass is 290 g/mol. The molecule has 0 radical (unpaired) electrons. The van der Waals surface area contributed by atoms with Crippen molar-refractivity contribution in [1.82, 2.24) is 5.32 Å². The predicted molar refractivity (Wildman–Crippen MR) is 81.6 cm³/mol. The topological polar surface area (TPSA) is 78.4 Å². The van der Waals surface area contributed by atoms with Gasteiger partial charge in [0, 0.05) is 11.7 Å². The quantitative estimate of drug-likeness (QED) is 0.753. The molecule has 5 nitrogen and oxygen atoms in total. The number of aliphatic carboxylic acids is 1. The zero-order valence-electron chi connectivity index (χ0n) is 12.3. The van der Waals surface area contributed by atoms with E-state index in [4.69, 9.17) is 5.11 Å². The van der Waals surface area contributed by atoms with Crippen molar-refractivity contribution in [2.75, 3.05) is 5.32 Å². The number of carbonyl (C=O) groups excluding carboxylic acids is 1. The lowest BCUT2D eigenvalue weighted by atomic mass is 10.1. The maximum Gasteiger partial charge on any atom is 0.319 e. The molecular weight excluding hydrogens is 268 g/mol. The second-order valence-corrected chi connectivity index (χ2v) is 5.52. The highest BCUT2D eigenvalue weighted by Gasteiger charge is 2.16. The van der Waals surface area contributed by atoms with Gasteiger partial charge in [-0.05, 0) is 48.9 Å². The first-order chi connectivity index (χ1) is 10.1. The number of carboxylic acid groups (broad SMARTS) is 1. The Morgan fingerprint density at radius 3 is 2.76 bits per heavy atom. The van der Waals surface area contributed by atoms with Gasteiger partial charge in [0.05, 0.1) is 6.42 Å². The van der Waals surface area contributed by atoms with E-state index in [0.29, 0.717) is 6.42 Å². The van der Waals surface area contributed by atoms with Gasteiger partial charge in [0.25, 0.3) is 0 Å². The number of aryl methyl sites for hydroxylation is 2. The molecule has 1 aromatic carbocycles. The van der Waals surface area contributed by atoms with Gasteiger partial charge in [-0.2, -0.15) is 0 Å². The fraction of sp³-hybridized carbons (Fsp3) is 0.500. The Morgan fingerprint density at radius 2 is 2.05 bits per heavy atom. The van der Waals surface area contributed by atoms with Gasteiger partial charge >= 0.3 is 12.0 Å². The average Bonchev–Trinajstić information content (AvgIpc) is 2.85. The Labute approximate surface area is 124 Å². The van der Waals surface area contributed by atoms with E-state index < -0.39 is 5.97 Å². The van der Waals surface area contributed by atoms with Crippen molar-refractivity contribution in [3.63, 3.8) is 0 Å². The van der Waals surface area contributed by atoms with Crippen LogP contribution in [-0.4, -0.2) is 23.1 Å². The van der Waals surface area contributed by atoms with Crippen LogP contribution in [0.3, 0.4) is 0 Å². The molecule has 0 saturated carbocycles. The molecule has 0 saturated heterocycles. The van der Waals surface area contributed by atoms with Gasteiger partial charge in [0.2, 0.25) is 0 Å². The van der Waals surface area contributed by atoms with Gasteiger partial charge in [0.15, 0.2) is 0 Å². The van der Waals surface area contributed by atoms with E-state index in [0.717, 1.165) is 24.9 Å². The summed E-state index contributed by atoms with van der Waals surface area (Å²) in [6.45, 7) is 1.97. The molecule has 0 heterocycles. The number of rotatable bonds is 6. The molecule has 21 heavy (non-hydrogen) atoms. The zero-order valence-corrected chi connectivity index (χ0v) is 12.3. The van der Waals surface area contributed by atoms with E-state index >= 15 is 0 Å². The molecule has 5 heteroatoms. The molecule has 1 unspecified atom stereocenters. The molecule has 0 bridgehead atoms. The van der Waals surface area contributed by atoms with Crippen molar-refractivity contribution in [3.05, 3.63) is 29.3 Å². The zero-order chi connectivity index (χ0) is 15.2. The summed E-state index contributed by atoms with van der Waals surface area (Å²) in [5.74, 6) is -0.897. The van der Waals surface area contributed by atoms with E-state index in [1.54, 1.807) is 0 Å². The molecule has 114 valence electrons. The fourth-order valence-electron chi connectivity index (χ4n) is 2.79. The van der Waals surface area contributed by atoms with Gasteiger partial charge in [0.1, 0.15) is 0 Å². The van der Waals surface area contributed by atoms with Crippen LogP contribution in [0.1, 0.15) is 43.7 Å². The standard InChI is InChI=1S/C16H22N2O3/c1-2-4-13(10-15(19)20)17-16(21)18-14-8-7-11-5-3-6-12(11)9-14/h7-9,13H,2-6,10H2,1H3,(H,19,20)(H2,17,18,21). The van der Waals surface area contributed by atoms with Crippen LogP contribution >= 0.6 is 0 Å². The summed E-state index contributed by atoms with van der Waals surface area (Å²) in [4.78, 5) is 22.7. The third-order valence-corrected chi connectivity index (χ3v) is 3.75. The average molecular weight is 290 g/mol. The minimum atomic E-state index is -0.897. The highest BCUT2D eigenvalue weighted by atomic mass is 16.4. The first kappa shape index (κ1) is 15.4. The second kappa shape index (κ2) is 7.11. The van der Waals surface area contributed by atoms with E-state index in [1.165, 1.54) is 17.5 Å². The Bertz CT molecular complexity index is 528. The van der Waals surface area contributed by atoms with E-state index in [2.05, 4.69) is 16.7 Å². The first-order valence-corrected chi connectivity index (χ1v) is 7.49. The SMILES string of the molecule is CCCC(CC(=O)O)NC(=O)Nc1ccc2c(c1)CCC2. The predicted octanol–water partition coefficient (Wildman–Crippen LogP) is 2.94. The van der Waals surface area contributed by atoms with Crippen molar-refractivity contribution in [1.29, 1.82) is 0 Å². The third-order valence-electron chi connectivity index (χ3n) is 3.75. The van der Waals surface area contributed by atoms with Crippen LogP contribution in [0.4, 0.5) is 10.5 Å². The molecular formula is C16H22N2O3.